The number of carbonyl (C=O) groups is 2. The van der Waals surface area contributed by atoms with Gasteiger partial charge in [0.2, 0.25) is 0 Å². The van der Waals surface area contributed by atoms with Gasteiger partial charge < -0.3 is 0 Å². The zero-order valence-corrected chi connectivity index (χ0v) is 16.6. The lowest BCUT2D eigenvalue weighted by Crippen LogP contribution is -2.42. The molecule has 2 amide bonds. The number of non-ortho nitro benzene ring substituents is 1. The van der Waals surface area contributed by atoms with Gasteiger partial charge in [-0.1, -0.05) is 54.6 Å². The van der Waals surface area contributed by atoms with Crippen LogP contribution in [0.3, 0.4) is 0 Å². The first kappa shape index (κ1) is 20.5. The maximum Gasteiger partial charge on any atom is 0.288 e. The molecule has 3 aromatic carbocycles. The van der Waals surface area contributed by atoms with Crippen molar-refractivity contribution in [1.82, 2.24) is 20.6 Å². The second-order valence-electron chi connectivity index (χ2n) is 6.74. The van der Waals surface area contributed by atoms with Gasteiger partial charge in [-0.05, 0) is 24.3 Å². The smallest absolute Gasteiger partial charge is 0.267 e. The largest absolute Gasteiger partial charge is 0.288 e. The number of nitro groups is 1. The van der Waals surface area contributed by atoms with Crippen molar-refractivity contribution in [3.05, 3.63) is 112 Å². The van der Waals surface area contributed by atoms with Crippen LogP contribution < -0.4 is 10.9 Å². The standard InChI is InChI=1S/C23H17N5O4/c29-22(17-10-7-13-19(14-17)28(31)32)24-25-23(30)21-15-20(16-8-3-1-4-9-16)26-27(21)18-11-5-2-6-12-18/h1-15H,(H,24,29)(H,25,30). The maximum absolute atomic E-state index is 12.9. The first-order valence-corrected chi connectivity index (χ1v) is 9.59. The zero-order valence-electron chi connectivity index (χ0n) is 16.6. The van der Waals surface area contributed by atoms with Gasteiger partial charge in [-0.15, -0.1) is 0 Å². The van der Waals surface area contributed by atoms with Gasteiger partial charge in [0.15, 0.2) is 0 Å². The van der Waals surface area contributed by atoms with Gasteiger partial charge in [-0.2, -0.15) is 5.10 Å². The minimum Gasteiger partial charge on any atom is -0.267 e. The molecule has 1 aromatic heterocycles. The van der Waals surface area contributed by atoms with E-state index in [4.69, 9.17) is 0 Å². The third-order valence-electron chi connectivity index (χ3n) is 4.62. The number of carbonyl (C=O) groups excluding carboxylic acids is 2. The lowest BCUT2D eigenvalue weighted by Gasteiger charge is -2.09. The Hall–Kier alpha value is -4.79. The normalized spacial score (nSPS) is 10.4. The number of amides is 2. The van der Waals surface area contributed by atoms with Crippen LogP contribution in [0.15, 0.2) is 91.0 Å². The van der Waals surface area contributed by atoms with E-state index in [0.717, 1.165) is 11.6 Å². The molecular formula is C23H17N5O4. The van der Waals surface area contributed by atoms with E-state index >= 15 is 0 Å². The molecular weight excluding hydrogens is 410 g/mol. The predicted octanol–water partition coefficient (Wildman–Crippen LogP) is 3.52. The zero-order chi connectivity index (χ0) is 22.5. The van der Waals surface area contributed by atoms with Crippen LogP contribution in [0.4, 0.5) is 5.69 Å². The number of hydrazine groups is 1. The average molecular weight is 427 g/mol. The molecule has 9 heteroatoms. The predicted molar refractivity (Wildman–Crippen MR) is 117 cm³/mol. The van der Waals surface area contributed by atoms with E-state index in [1.807, 2.05) is 48.5 Å². The Balaban J connectivity index is 1.59. The summed E-state index contributed by atoms with van der Waals surface area (Å²) in [6, 6.07) is 25.3. The first-order chi connectivity index (χ1) is 15.5. The highest BCUT2D eigenvalue weighted by molar-refractivity contribution is 5.99. The lowest BCUT2D eigenvalue weighted by molar-refractivity contribution is -0.384. The van der Waals surface area contributed by atoms with Crippen molar-refractivity contribution in [2.24, 2.45) is 0 Å². The van der Waals surface area contributed by atoms with Crippen molar-refractivity contribution in [1.29, 1.82) is 0 Å². The Morgan fingerprint density at radius 2 is 1.47 bits per heavy atom. The van der Waals surface area contributed by atoms with Gasteiger partial charge in [0.25, 0.3) is 17.5 Å². The molecule has 0 radical (unpaired) electrons. The highest BCUT2D eigenvalue weighted by atomic mass is 16.6. The van der Waals surface area contributed by atoms with E-state index in [9.17, 15) is 19.7 Å². The molecule has 2 N–H and O–H groups in total. The molecule has 0 unspecified atom stereocenters. The molecule has 0 aliphatic carbocycles. The number of aromatic nitrogens is 2. The number of nitro benzene ring substituents is 1. The molecule has 0 aliphatic heterocycles. The Morgan fingerprint density at radius 3 is 2.16 bits per heavy atom. The monoisotopic (exact) mass is 427 g/mol. The number of hydrogen-bond acceptors (Lipinski definition) is 5. The summed E-state index contributed by atoms with van der Waals surface area (Å²) in [5.74, 6) is -1.28. The van der Waals surface area contributed by atoms with Crippen molar-refractivity contribution < 1.29 is 14.5 Å². The maximum atomic E-state index is 12.9. The third kappa shape index (κ3) is 4.36. The molecule has 4 aromatic rings. The van der Waals surface area contributed by atoms with Crippen molar-refractivity contribution in [3.63, 3.8) is 0 Å². The summed E-state index contributed by atoms with van der Waals surface area (Å²) in [7, 11) is 0. The van der Waals surface area contributed by atoms with Crippen LogP contribution in [0.2, 0.25) is 0 Å². The average Bonchev–Trinajstić information content (AvgIpc) is 3.29. The van der Waals surface area contributed by atoms with Crippen LogP contribution in [0.5, 0.6) is 0 Å². The molecule has 1 heterocycles. The van der Waals surface area contributed by atoms with Crippen LogP contribution in [-0.2, 0) is 0 Å². The van der Waals surface area contributed by atoms with Crippen LogP contribution in [0.1, 0.15) is 20.8 Å². The molecule has 9 nitrogen and oxygen atoms in total. The minimum absolute atomic E-state index is 0.0426. The molecule has 0 fully saturated rings. The fraction of sp³-hybridized carbons (Fsp3) is 0. The van der Waals surface area contributed by atoms with Crippen LogP contribution in [0.25, 0.3) is 16.9 Å². The first-order valence-electron chi connectivity index (χ1n) is 9.59. The van der Waals surface area contributed by atoms with Crippen molar-refractivity contribution >= 4 is 17.5 Å². The fourth-order valence-electron chi connectivity index (χ4n) is 3.07. The summed E-state index contributed by atoms with van der Waals surface area (Å²) in [5, 5.41) is 15.5. The number of nitrogens with zero attached hydrogens (tertiary/aromatic N) is 3. The summed E-state index contributed by atoms with van der Waals surface area (Å²) in [6.45, 7) is 0. The van der Waals surface area contributed by atoms with E-state index in [1.165, 1.54) is 22.9 Å². The van der Waals surface area contributed by atoms with Gasteiger partial charge in [0, 0.05) is 23.3 Å². The van der Waals surface area contributed by atoms with E-state index in [-0.39, 0.29) is 16.9 Å². The van der Waals surface area contributed by atoms with E-state index in [1.54, 1.807) is 18.2 Å². The van der Waals surface area contributed by atoms with E-state index < -0.39 is 16.7 Å². The summed E-state index contributed by atoms with van der Waals surface area (Å²) in [6.07, 6.45) is 0. The lowest BCUT2D eigenvalue weighted by atomic mass is 10.1. The summed E-state index contributed by atoms with van der Waals surface area (Å²) in [5.41, 5.74) is 6.75. The van der Waals surface area contributed by atoms with Crippen molar-refractivity contribution in [2.45, 2.75) is 0 Å². The highest BCUT2D eigenvalue weighted by Gasteiger charge is 2.19. The molecule has 4 rings (SSSR count). The van der Waals surface area contributed by atoms with Crippen molar-refractivity contribution in [3.8, 4) is 16.9 Å². The van der Waals surface area contributed by atoms with Gasteiger partial charge >= 0.3 is 0 Å². The van der Waals surface area contributed by atoms with Crippen LogP contribution in [-0.4, -0.2) is 26.5 Å². The number of hydrogen-bond donors (Lipinski definition) is 2. The number of benzene rings is 3. The van der Waals surface area contributed by atoms with Gasteiger partial charge in [-0.25, -0.2) is 4.68 Å². The molecule has 0 saturated heterocycles. The summed E-state index contributed by atoms with van der Waals surface area (Å²) < 4.78 is 1.48. The van der Waals surface area contributed by atoms with E-state index in [2.05, 4.69) is 16.0 Å². The number of para-hydroxylation sites is 1. The van der Waals surface area contributed by atoms with Crippen molar-refractivity contribution in [2.75, 3.05) is 0 Å². The molecule has 32 heavy (non-hydrogen) atoms. The quantitative estimate of drug-likeness (QED) is 0.373. The number of nitrogens with one attached hydrogen (secondary N) is 2. The topological polar surface area (TPSA) is 119 Å². The Kier molecular flexibility index (Phi) is 5.71. The second-order valence-corrected chi connectivity index (χ2v) is 6.74. The molecule has 0 atom stereocenters. The molecule has 0 spiro atoms. The van der Waals surface area contributed by atoms with Gasteiger partial charge in [0.05, 0.1) is 16.3 Å². The Bertz CT molecular complexity index is 1290. The molecule has 0 aliphatic rings. The number of rotatable bonds is 5. The van der Waals surface area contributed by atoms with Gasteiger partial charge in [-0.3, -0.25) is 30.6 Å². The Morgan fingerprint density at radius 1 is 0.812 bits per heavy atom. The summed E-state index contributed by atoms with van der Waals surface area (Å²) >= 11 is 0. The molecule has 0 bridgehead atoms. The summed E-state index contributed by atoms with van der Waals surface area (Å²) in [4.78, 5) is 35.6. The second kappa shape index (κ2) is 8.92. The fourth-order valence-corrected chi connectivity index (χ4v) is 3.07. The molecule has 158 valence electrons. The highest BCUT2D eigenvalue weighted by Crippen LogP contribution is 2.21. The van der Waals surface area contributed by atoms with Crippen LogP contribution in [0, 0.1) is 10.1 Å². The third-order valence-corrected chi connectivity index (χ3v) is 4.62. The minimum atomic E-state index is -0.684. The van der Waals surface area contributed by atoms with Gasteiger partial charge in [0.1, 0.15) is 5.69 Å². The SMILES string of the molecule is O=C(NNC(=O)c1cc(-c2ccccc2)nn1-c1ccccc1)c1cccc([N+](=O)[O-])c1. The van der Waals surface area contributed by atoms with Crippen LogP contribution >= 0.6 is 0 Å². The Labute approximate surface area is 182 Å². The molecule has 0 saturated carbocycles. The van der Waals surface area contributed by atoms with E-state index in [0.29, 0.717) is 11.4 Å².